The molecule has 1 aliphatic rings. The first kappa shape index (κ1) is 13.8. The number of benzene rings is 1. The fourth-order valence-electron chi connectivity index (χ4n) is 2.54. The van der Waals surface area contributed by atoms with E-state index in [2.05, 4.69) is 4.98 Å². The van der Waals surface area contributed by atoms with Gasteiger partial charge in [0.1, 0.15) is 16.6 Å². The summed E-state index contributed by atoms with van der Waals surface area (Å²) in [5.74, 6) is 0.579. The Balaban J connectivity index is 1.88. The van der Waals surface area contributed by atoms with Crippen LogP contribution >= 0.6 is 11.3 Å². The number of hydrogen-bond donors (Lipinski definition) is 2. The summed E-state index contributed by atoms with van der Waals surface area (Å²) < 4.78 is 0. The summed E-state index contributed by atoms with van der Waals surface area (Å²) in [4.78, 5) is 6.29. The van der Waals surface area contributed by atoms with Crippen LogP contribution in [0, 0.1) is 12.3 Å². The lowest BCUT2D eigenvalue weighted by molar-refractivity contribution is 0.310. The lowest BCUT2D eigenvalue weighted by Gasteiger charge is -2.26. The number of nitrogens with zero attached hydrogens (tertiary/aromatic N) is 2. The van der Waals surface area contributed by atoms with Gasteiger partial charge in [0.15, 0.2) is 0 Å². The van der Waals surface area contributed by atoms with Gasteiger partial charge in [0.2, 0.25) is 0 Å². The molecule has 0 saturated carbocycles. The van der Waals surface area contributed by atoms with Crippen molar-refractivity contribution in [2.45, 2.75) is 19.9 Å². The summed E-state index contributed by atoms with van der Waals surface area (Å²) in [6, 6.07) is 10.1. The van der Waals surface area contributed by atoms with E-state index in [0.717, 1.165) is 16.3 Å². The molecule has 21 heavy (non-hydrogen) atoms. The van der Waals surface area contributed by atoms with Crippen LogP contribution in [0.2, 0.25) is 0 Å². The first-order chi connectivity index (χ1) is 10.1. The lowest BCUT2D eigenvalue weighted by atomic mass is 10.1. The molecular weight excluding hydrogens is 282 g/mol. The van der Waals surface area contributed by atoms with Crippen molar-refractivity contribution in [1.29, 1.82) is 5.41 Å². The zero-order valence-corrected chi connectivity index (χ0v) is 12.8. The average Bonchev–Trinajstić information content (AvgIpc) is 3.02. The Morgan fingerprint density at radius 2 is 2.05 bits per heavy atom. The molecule has 1 atom stereocenters. The number of aliphatic hydroxyl groups is 1. The maximum absolute atomic E-state index is 10.3. The highest BCUT2D eigenvalue weighted by atomic mass is 32.1. The summed E-state index contributed by atoms with van der Waals surface area (Å²) in [5, 5.41) is 21.3. The van der Waals surface area contributed by atoms with E-state index in [4.69, 9.17) is 5.41 Å². The Hall–Kier alpha value is -2.14. The van der Waals surface area contributed by atoms with Gasteiger partial charge in [-0.3, -0.25) is 5.41 Å². The van der Waals surface area contributed by atoms with Gasteiger partial charge in [-0.05, 0) is 19.4 Å². The van der Waals surface area contributed by atoms with Gasteiger partial charge in [-0.25, -0.2) is 4.98 Å². The minimum atomic E-state index is 0.0411. The number of rotatable bonds is 3. The number of amidine groups is 1. The van der Waals surface area contributed by atoms with Crippen LogP contribution < -0.4 is 0 Å². The van der Waals surface area contributed by atoms with Gasteiger partial charge in [-0.1, -0.05) is 30.3 Å². The molecule has 4 nitrogen and oxygen atoms in total. The number of hydrogen-bond acceptors (Lipinski definition) is 4. The summed E-state index contributed by atoms with van der Waals surface area (Å²) >= 11 is 1.47. The van der Waals surface area contributed by atoms with Crippen LogP contribution in [0.5, 0.6) is 0 Å². The molecule has 0 unspecified atom stereocenters. The van der Waals surface area contributed by atoms with Crippen LogP contribution in [-0.4, -0.2) is 27.4 Å². The minimum absolute atomic E-state index is 0.0411. The van der Waals surface area contributed by atoms with E-state index in [-0.39, 0.29) is 11.8 Å². The van der Waals surface area contributed by atoms with Crippen LogP contribution in [0.25, 0.3) is 5.57 Å². The number of aliphatic hydroxyl groups excluding tert-OH is 1. The molecule has 1 aromatic carbocycles. The third-order valence-electron chi connectivity index (χ3n) is 3.72. The van der Waals surface area contributed by atoms with E-state index in [1.165, 1.54) is 11.3 Å². The predicted octanol–water partition coefficient (Wildman–Crippen LogP) is 3.77. The van der Waals surface area contributed by atoms with Crippen molar-refractivity contribution in [2.75, 3.05) is 6.54 Å². The summed E-state index contributed by atoms with van der Waals surface area (Å²) in [6.07, 6.45) is 0. The zero-order chi connectivity index (χ0) is 15.0. The highest BCUT2D eigenvalue weighted by molar-refractivity contribution is 7.11. The maximum Gasteiger partial charge on any atom is 0.135 e. The fraction of sp³-hybridized carbons (Fsp3) is 0.250. The Kier molecular flexibility index (Phi) is 3.51. The SMILES string of the molecule is Cc1csc(C2=C(O)CN([C@H](C)c3ccccc3)C2=N)n1. The van der Waals surface area contributed by atoms with Crippen molar-refractivity contribution in [1.82, 2.24) is 9.88 Å². The highest BCUT2D eigenvalue weighted by Crippen LogP contribution is 2.34. The number of aromatic nitrogens is 1. The molecule has 1 aromatic heterocycles. The molecule has 0 saturated heterocycles. The van der Waals surface area contributed by atoms with Crippen LogP contribution in [0.4, 0.5) is 0 Å². The molecule has 0 aliphatic carbocycles. The van der Waals surface area contributed by atoms with Crippen LogP contribution in [0.3, 0.4) is 0 Å². The second-order valence-corrected chi connectivity index (χ2v) is 6.04. The van der Waals surface area contributed by atoms with Gasteiger partial charge in [0.05, 0.1) is 18.2 Å². The fourth-order valence-corrected chi connectivity index (χ4v) is 3.40. The van der Waals surface area contributed by atoms with Gasteiger partial charge in [-0.2, -0.15) is 0 Å². The normalized spacial score (nSPS) is 16.7. The van der Waals surface area contributed by atoms with E-state index in [0.29, 0.717) is 18.0 Å². The standard InChI is InChI=1S/C16H17N3OS/c1-10-9-21-16(18-10)14-13(20)8-19(15(14)17)11(2)12-6-4-3-5-7-12/h3-7,9,11,17,20H,8H2,1-2H3/t11-/m1/s1. The topological polar surface area (TPSA) is 60.2 Å². The molecule has 1 aliphatic heterocycles. The van der Waals surface area contributed by atoms with E-state index < -0.39 is 0 Å². The molecule has 0 bridgehead atoms. The molecular formula is C16H17N3OS. The zero-order valence-electron chi connectivity index (χ0n) is 12.0. The monoisotopic (exact) mass is 299 g/mol. The predicted molar refractivity (Wildman–Crippen MR) is 85.7 cm³/mol. The van der Waals surface area contributed by atoms with Crippen molar-refractivity contribution in [3.8, 4) is 0 Å². The smallest absolute Gasteiger partial charge is 0.135 e. The van der Waals surface area contributed by atoms with Gasteiger partial charge in [0, 0.05) is 11.1 Å². The lowest BCUT2D eigenvalue weighted by Crippen LogP contribution is -2.29. The molecule has 2 N–H and O–H groups in total. The minimum Gasteiger partial charge on any atom is -0.510 e. The molecule has 2 aromatic rings. The van der Waals surface area contributed by atoms with Crippen molar-refractivity contribution in [2.24, 2.45) is 0 Å². The quantitative estimate of drug-likeness (QED) is 0.907. The second kappa shape index (κ2) is 5.33. The molecule has 0 amide bonds. The molecule has 0 fully saturated rings. The molecule has 5 heteroatoms. The third kappa shape index (κ3) is 2.45. The van der Waals surface area contributed by atoms with Crippen LogP contribution in [-0.2, 0) is 0 Å². The van der Waals surface area contributed by atoms with Crippen molar-refractivity contribution >= 4 is 22.7 Å². The van der Waals surface area contributed by atoms with E-state index in [9.17, 15) is 5.11 Å². The highest BCUT2D eigenvalue weighted by Gasteiger charge is 2.33. The summed E-state index contributed by atoms with van der Waals surface area (Å²) in [6.45, 7) is 4.33. The van der Waals surface area contributed by atoms with Gasteiger partial charge < -0.3 is 10.0 Å². The Bertz CT molecular complexity index is 705. The van der Waals surface area contributed by atoms with Crippen molar-refractivity contribution < 1.29 is 5.11 Å². The Labute approximate surface area is 127 Å². The first-order valence-electron chi connectivity index (χ1n) is 6.83. The van der Waals surface area contributed by atoms with Gasteiger partial charge in [-0.15, -0.1) is 11.3 Å². The van der Waals surface area contributed by atoms with Crippen LogP contribution in [0.1, 0.15) is 29.2 Å². The first-order valence-corrected chi connectivity index (χ1v) is 7.71. The van der Waals surface area contributed by atoms with E-state index >= 15 is 0 Å². The maximum atomic E-state index is 10.3. The molecule has 108 valence electrons. The van der Waals surface area contributed by atoms with Crippen molar-refractivity contribution in [3.05, 3.63) is 57.7 Å². The largest absolute Gasteiger partial charge is 0.510 e. The summed E-state index contributed by atoms with van der Waals surface area (Å²) in [7, 11) is 0. The molecule has 2 heterocycles. The van der Waals surface area contributed by atoms with Gasteiger partial charge in [0.25, 0.3) is 0 Å². The molecule has 0 radical (unpaired) electrons. The third-order valence-corrected chi connectivity index (χ3v) is 4.69. The summed E-state index contributed by atoms with van der Waals surface area (Å²) in [5.41, 5.74) is 2.61. The molecule has 3 rings (SSSR count). The van der Waals surface area contributed by atoms with Crippen LogP contribution in [0.15, 0.2) is 41.5 Å². The molecule has 0 spiro atoms. The number of thiazole rings is 1. The van der Waals surface area contributed by atoms with Crippen molar-refractivity contribution in [3.63, 3.8) is 0 Å². The Morgan fingerprint density at radius 1 is 1.33 bits per heavy atom. The van der Waals surface area contributed by atoms with E-state index in [1.807, 2.05) is 54.5 Å². The van der Waals surface area contributed by atoms with Gasteiger partial charge >= 0.3 is 0 Å². The average molecular weight is 299 g/mol. The number of nitrogens with one attached hydrogen (secondary N) is 1. The number of aryl methyl sites for hydroxylation is 1. The second-order valence-electron chi connectivity index (χ2n) is 5.18. The Morgan fingerprint density at radius 3 is 2.67 bits per heavy atom. The van der Waals surface area contributed by atoms with E-state index in [1.54, 1.807) is 0 Å².